The first kappa shape index (κ1) is 28.6. The molecule has 0 saturated carbocycles. The third kappa shape index (κ3) is 8.22. The molecule has 1 aromatic carbocycles. The van der Waals surface area contributed by atoms with Gasteiger partial charge in [0.05, 0.1) is 19.6 Å². The van der Waals surface area contributed by atoms with E-state index in [-0.39, 0.29) is 11.8 Å². The zero-order chi connectivity index (χ0) is 27.0. The molecular formula is C24H36N6O6. The van der Waals surface area contributed by atoms with Crippen LogP contribution in [-0.2, 0) is 24.0 Å². The van der Waals surface area contributed by atoms with Gasteiger partial charge in [-0.15, -0.1) is 0 Å². The maximum atomic E-state index is 12.5. The molecule has 12 heteroatoms. The fourth-order valence-corrected chi connectivity index (χ4v) is 3.61. The first-order valence-electron chi connectivity index (χ1n) is 11.8. The molecule has 0 spiro atoms. The monoisotopic (exact) mass is 504 g/mol. The van der Waals surface area contributed by atoms with Crippen molar-refractivity contribution >= 4 is 35.2 Å². The molecule has 12 nitrogen and oxygen atoms in total. The van der Waals surface area contributed by atoms with Gasteiger partial charge in [0.2, 0.25) is 23.6 Å². The third-order valence-electron chi connectivity index (χ3n) is 5.76. The van der Waals surface area contributed by atoms with E-state index in [0.717, 1.165) is 5.69 Å². The number of nitrogens with zero attached hydrogens (tertiary/aromatic N) is 1. The van der Waals surface area contributed by atoms with E-state index in [1.165, 1.54) is 6.92 Å². The second kappa shape index (κ2) is 12.9. The van der Waals surface area contributed by atoms with Gasteiger partial charge < -0.3 is 31.3 Å². The number of benzene rings is 1. The van der Waals surface area contributed by atoms with Crippen LogP contribution < -0.4 is 36.6 Å². The first-order valence-corrected chi connectivity index (χ1v) is 11.8. The van der Waals surface area contributed by atoms with Gasteiger partial charge in [0.15, 0.2) is 0 Å². The molecule has 0 bridgehead atoms. The van der Waals surface area contributed by atoms with Crippen molar-refractivity contribution in [2.75, 3.05) is 25.6 Å². The number of imide groups is 1. The smallest absolute Gasteiger partial charge is 0.251 e. The van der Waals surface area contributed by atoms with Crippen LogP contribution in [0.25, 0.3) is 0 Å². The van der Waals surface area contributed by atoms with Crippen molar-refractivity contribution in [3.63, 3.8) is 0 Å². The molecule has 2 rings (SSSR count). The summed E-state index contributed by atoms with van der Waals surface area (Å²) in [6.07, 6.45) is 0.0564. The summed E-state index contributed by atoms with van der Waals surface area (Å²) in [5, 5.41) is 10.1. The van der Waals surface area contributed by atoms with Gasteiger partial charge in [0.25, 0.3) is 5.91 Å². The lowest BCUT2D eigenvalue weighted by atomic mass is 10.0. The zero-order valence-corrected chi connectivity index (χ0v) is 21.3. The van der Waals surface area contributed by atoms with E-state index < -0.39 is 54.2 Å². The summed E-state index contributed by atoms with van der Waals surface area (Å²) in [5.74, 6) is -2.32. The van der Waals surface area contributed by atoms with E-state index in [2.05, 4.69) is 21.3 Å². The van der Waals surface area contributed by atoms with Crippen molar-refractivity contribution in [2.45, 2.75) is 57.8 Å². The van der Waals surface area contributed by atoms with E-state index in [1.807, 2.05) is 13.8 Å². The highest BCUT2D eigenvalue weighted by molar-refractivity contribution is 6.03. The van der Waals surface area contributed by atoms with Crippen molar-refractivity contribution in [3.05, 3.63) is 24.3 Å². The topological polar surface area (TPSA) is 172 Å². The number of ether oxygens (including phenoxy) is 1. The molecule has 1 saturated heterocycles. The number of carbonyl (C=O) groups is 5. The molecule has 1 unspecified atom stereocenters. The van der Waals surface area contributed by atoms with Gasteiger partial charge in [-0.2, -0.15) is 0 Å². The Morgan fingerprint density at radius 3 is 2.19 bits per heavy atom. The van der Waals surface area contributed by atoms with Gasteiger partial charge >= 0.3 is 0 Å². The molecular weight excluding hydrogens is 468 g/mol. The van der Waals surface area contributed by atoms with Crippen molar-refractivity contribution in [2.24, 2.45) is 11.7 Å². The minimum Gasteiger partial charge on any atom is -0.497 e. The molecule has 198 valence electrons. The van der Waals surface area contributed by atoms with Crippen molar-refractivity contribution in [1.82, 2.24) is 21.3 Å². The van der Waals surface area contributed by atoms with Gasteiger partial charge in [-0.1, -0.05) is 13.8 Å². The summed E-state index contributed by atoms with van der Waals surface area (Å²) >= 11 is 0. The number of carbonyl (C=O) groups excluding carboxylic acids is 5. The number of nitrogens with one attached hydrogen (secondary N) is 4. The Hall–Kier alpha value is -3.67. The third-order valence-corrected chi connectivity index (χ3v) is 5.76. The highest BCUT2D eigenvalue weighted by atomic mass is 16.5. The SMILES string of the molecule is CN[C@H](CC(C)C)C(=O)N[C@H](C)C(=O)N[C@@H](CC(=O)NC(=O)C1CN1c1ccc(OC)cc1)C(N)=O. The lowest BCUT2D eigenvalue weighted by Gasteiger charge is -2.22. The van der Waals surface area contributed by atoms with Gasteiger partial charge in [0, 0.05) is 12.2 Å². The quantitative estimate of drug-likeness (QED) is 0.213. The zero-order valence-electron chi connectivity index (χ0n) is 21.3. The number of hydrogen-bond acceptors (Lipinski definition) is 8. The van der Waals surface area contributed by atoms with E-state index in [4.69, 9.17) is 10.5 Å². The predicted octanol–water partition coefficient (Wildman–Crippen LogP) is -0.974. The Balaban J connectivity index is 1.86. The van der Waals surface area contributed by atoms with Crippen LogP contribution in [0.1, 0.15) is 33.6 Å². The summed E-state index contributed by atoms with van der Waals surface area (Å²) in [6.45, 7) is 5.84. The van der Waals surface area contributed by atoms with Crippen LogP contribution in [0.15, 0.2) is 24.3 Å². The summed E-state index contributed by atoms with van der Waals surface area (Å²) in [7, 11) is 3.21. The molecule has 0 radical (unpaired) electrons. The van der Waals surface area contributed by atoms with Crippen LogP contribution in [-0.4, -0.2) is 74.4 Å². The number of nitrogens with two attached hydrogens (primary N) is 1. The molecule has 1 aliphatic heterocycles. The van der Waals surface area contributed by atoms with Crippen molar-refractivity contribution in [1.29, 1.82) is 0 Å². The predicted molar refractivity (Wildman–Crippen MR) is 133 cm³/mol. The Morgan fingerprint density at radius 2 is 1.67 bits per heavy atom. The molecule has 0 aliphatic carbocycles. The fourth-order valence-electron chi connectivity index (χ4n) is 3.61. The number of primary amides is 1. The number of rotatable bonds is 13. The second-order valence-electron chi connectivity index (χ2n) is 9.15. The normalized spacial score (nSPS) is 16.9. The lowest BCUT2D eigenvalue weighted by Crippen LogP contribution is -2.55. The van der Waals surface area contributed by atoms with Crippen LogP contribution >= 0.6 is 0 Å². The van der Waals surface area contributed by atoms with Crippen LogP contribution in [0.4, 0.5) is 5.69 Å². The highest BCUT2D eigenvalue weighted by Gasteiger charge is 2.41. The summed E-state index contributed by atoms with van der Waals surface area (Å²) in [6, 6.07) is 3.80. The van der Waals surface area contributed by atoms with Gasteiger partial charge in [-0.05, 0) is 50.6 Å². The van der Waals surface area contributed by atoms with E-state index in [0.29, 0.717) is 18.7 Å². The average Bonchev–Trinajstić information content (AvgIpc) is 3.62. The minimum absolute atomic E-state index is 0.261. The Kier molecular flexibility index (Phi) is 10.2. The number of methoxy groups -OCH3 is 1. The largest absolute Gasteiger partial charge is 0.497 e. The first-order chi connectivity index (χ1) is 17.0. The molecule has 1 fully saturated rings. The summed E-state index contributed by atoms with van der Waals surface area (Å²) < 4.78 is 5.11. The number of hydrogen-bond donors (Lipinski definition) is 5. The second-order valence-corrected chi connectivity index (χ2v) is 9.15. The average molecular weight is 505 g/mol. The van der Waals surface area contributed by atoms with E-state index in [1.54, 1.807) is 43.3 Å². The molecule has 1 heterocycles. The van der Waals surface area contributed by atoms with Crippen LogP contribution in [0, 0.1) is 5.92 Å². The highest BCUT2D eigenvalue weighted by Crippen LogP contribution is 2.29. The van der Waals surface area contributed by atoms with E-state index >= 15 is 0 Å². The van der Waals surface area contributed by atoms with Gasteiger partial charge in [-0.25, -0.2) is 0 Å². The molecule has 1 aliphatic rings. The van der Waals surface area contributed by atoms with Crippen molar-refractivity contribution in [3.8, 4) is 5.75 Å². The number of likely N-dealkylation sites (N-methyl/N-ethyl adjacent to an activating group) is 1. The number of anilines is 1. The van der Waals surface area contributed by atoms with Crippen LogP contribution in [0.3, 0.4) is 0 Å². The fraction of sp³-hybridized carbons (Fsp3) is 0.542. The molecule has 6 N–H and O–H groups in total. The maximum absolute atomic E-state index is 12.5. The molecule has 5 amide bonds. The van der Waals surface area contributed by atoms with E-state index in [9.17, 15) is 24.0 Å². The van der Waals surface area contributed by atoms with Crippen LogP contribution in [0.2, 0.25) is 0 Å². The molecule has 1 aromatic rings. The van der Waals surface area contributed by atoms with Crippen LogP contribution in [0.5, 0.6) is 5.75 Å². The van der Waals surface area contributed by atoms with Crippen molar-refractivity contribution < 1.29 is 28.7 Å². The Labute approximate surface area is 210 Å². The summed E-state index contributed by atoms with van der Waals surface area (Å²) in [5.41, 5.74) is 6.15. The van der Waals surface area contributed by atoms with Gasteiger partial charge in [-0.3, -0.25) is 29.3 Å². The van der Waals surface area contributed by atoms with Gasteiger partial charge in [0.1, 0.15) is 23.9 Å². The Bertz CT molecular complexity index is 966. The Morgan fingerprint density at radius 1 is 1.03 bits per heavy atom. The molecule has 4 atom stereocenters. The minimum atomic E-state index is -1.35. The summed E-state index contributed by atoms with van der Waals surface area (Å²) in [4.78, 5) is 63.4. The number of amides is 5. The standard InChI is InChI=1S/C24H36N6O6/c1-13(2)10-18(26-4)23(34)27-14(3)22(33)28-17(21(25)32)11-20(31)29-24(35)19-12-30(19)15-6-8-16(36-5)9-7-15/h6-9,13-14,17-19,26H,10-12H2,1-5H3,(H2,25,32)(H,27,34)(H,28,33)(H,29,31,35)/t14-,17+,18-,19?,30?/m1/s1. The molecule has 36 heavy (non-hydrogen) atoms. The lowest BCUT2D eigenvalue weighted by molar-refractivity contribution is -0.134. The molecule has 0 aromatic heterocycles. The maximum Gasteiger partial charge on any atom is 0.251 e.